The van der Waals surface area contributed by atoms with Crippen molar-refractivity contribution in [2.75, 3.05) is 47.3 Å². The molecule has 0 heterocycles. The van der Waals surface area contributed by atoms with Crippen LogP contribution in [0.3, 0.4) is 0 Å². The highest BCUT2D eigenvalue weighted by molar-refractivity contribution is 4.36. The first-order chi connectivity index (χ1) is 6.68. The van der Waals surface area contributed by atoms with E-state index < -0.39 is 0 Å². The third-order valence-corrected chi connectivity index (χ3v) is 1.08. The van der Waals surface area contributed by atoms with Crippen LogP contribution in [-0.4, -0.2) is 63.6 Å². The maximum Gasteiger partial charge on any atom is 0.0745 e. The lowest BCUT2D eigenvalue weighted by Gasteiger charge is -1.98. The second-order valence-electron chi connectivity index (χ2n) is 2.63. The molecule has 0 aliphatic heterocycles. The van der Waals surface area contributed by atoms with Gasteiger partial charge in [-0.2, -0.15) is 0 Å². The molecule has 14 heavy (non-hydrogen) atoms. The molecule has 0 aromatic rings. The molecule has 0 fully saturated rings. The smallest absolute Gasteiger partial charge is 0.0745 e. The maximum atomic E-state index is 8.43. The maximum absolute atomic E-state index is 8.43. The average molecular weight is 210 g/mol. The number of hydrogen-bond acceptors (Lipinski definition) is 5. The Balaban J connectivity index is 0. The minimum Gasteiger partial charge on any atom is -0.394 e. The molecule has 0 spiro atoms. The summed E-state index contributed by atoms with van der Waals surface area (Å²) in [7, 11) is 3.18. The summed E-state index contributed by atoms with van der Waals surface area (Å²) in [6.07, 6.45) is -0.324. The highest BCUT2D eigenvalue weighted by atomic mass is 16.5. The van der Waals surface area contributed by atoms with Crippen LogP contribution < -0.4 is 0 Å². The van der Waals surface area contributed by atoms with Crippen molar-refractivity contribution in [2.24, 2.45) is 0 Å². The Morgan fingerprint density at radius 2 is 1.71 bits per heavy atom. The topological polar surface area (TPSA) is 68.2 Å². The van der Waals surface area contributed by atoms with E-state index in [1.54, 1.807) is 21.1 Å². The van der Waals surface area contributed by atoms with Gasteiger partial charge in [0.2, 0.25) is 0 Å². The molecule has 0 bridgehead atoms. The summed E-state index contributed by atoms with van der Waals surface area (Å²) in [5, 5.41) is 16.6. The first kappa shape index (κ1) is 16.2. The summed E-state index contributed by atoms with van der Waals surface area (Å²) in [6, 6.07) is 0. The normalized spacial score (nSPS) is 11.8. The number of aliphatic hydroxyl groups excluding tert-OH is 2. The Morgan fingerprint density at radius 1 is 1.07 bits per heavy atom. The predicted octanol–water partition coefficient (Wildman–Crippen LogP) is -0.345. The molecule has 5 nitrogen and oxygen atoms in total. The molecular weight excluding hydrogens is 188 g/mol. The summed E-state index contributed by atoms with van der Waals surface area (Å²) in [5.74, 6) is 0. The van der Waals surface area contributed by atoms with Gasteiger partial charge in [0, 0.05) is 14.2 Å². The van der Waals surface area contributed by atoms with E-state index in [-0.39, 0.29) is 12.7 Å². The SMILES string of the molecule is COCC(C)O.COCCOCCO. The largest absolute Gasteiger partial charge is 0.394 e. The van der Waals surface area contributed by atoms with Crippen molar-refractivity contribution in [1.82, 2.24) is 0 Å². The number of aliphatic hydroxyl groups is 2. The fourth-order valence-corrected chi connectivity index (χ4v) is 0.550. The van der Waals surface area contributed by atoms with Crippen molar-refractivity contribution in [3.8, 4) is 0 Å². The lowest BCUT2D eigenvalue weighted by atomic mass is 10.5. The van der Waals surface area contributed by atoms with Crippen LogP contribution in [0.1, 0.15) is 6.92 Å². The summed E-state index contributed by atoms with van der Waals surface area (Å²) >= 11 is 0. The molecule has 2 N–H and O–H groups in total. The quantitative estimate of drug-likeness (QED) is 0.562. The molecule has 0 aliphatic rings. The van der Waals surface area contributed by atoms with Crippen LogP contribution in [0.15, 0.2) is 0 Å². The Bertz CT molecular complexity index is 81.3. The van der Waals surface area contributed by atoms with Crippen LogP contribution in [0.25, 0.3) is 0 Å². The minimum atomic E-state index is -0.324. The van der Waals surface area contributed by atoms with E-state index in [2.05, 4.69) is 9.47 Å². The lowest BCUT2D eigenvalue weighted by molar-refractivity contribution is 0.0500. The van der Waals surface area contributed by atoms with E-state index >= 15 is 0 Å². The summed E-state index contributed by atoms with van der Waals surface area (Å²) in [4.78, 5) is 0. The van der Waals surface area contributed by atoms with E-state index in [0.29, 0.717) is 26.4 Å². The van der Waals surface area contributed by atoms with Crippen LogP contribution >= 0.6 is 0 Å². The van der Waals surface area contributed by atoms with E-state index in [0.717, 1.165) is 0 Å². The second-order valence-corrected chi connectivity index (χ2v) is 2.63. The van der Waals surface area contributed by atoms with E-state index in [4.69, 9.17) is 14.9 Å². The van der Waals surface area contributed by atoms with E-state index in [9.17, 15) is 0 Å². The van der Waals surface area contributed by atoms with Gasteiger partial charge in [0.1, 0.15) is 0 Å². The monoisotopic (exact) mass is 210 g/mol. The highest BCUT2D eigenvalue weighted by Crippen LogP contribution is 1.75. The highest BCUT2D eigenvalue weighted by Gasteiger charge is 1.87. The van der Waals surface area contributed by atoms with Crippen molar-refractivity contribution in [3.63, 3.8) is 0 Å². The standard InChI is InChI=1S/C5H12O3.C4H10O2/c1-7-4-5-8-3-2-6;1-4(5)3-6-2/h6H,2-5H2,1H3;4-5H,3H2,1-2H3. The van der Waals surface area contributed by atoms with Crippen molar-refractivity contribution in [3.05, 3.63) is 0 Å². The molecule has 0 rings (SSSR count). The Kier molecular flexibility index (Phi) is 17.7. The van der Waals surface area contributed by atoms with Crippen LogP contribution in [0.2, 0.25) is 0 Å². The van der Waals surface area contributed by atoms with Gasteiger partial charge < -0.3 is 24.4 Å². The van der Waals surface area contributed by atoms with E-state index in [1.807, 2.05) is 0 Å². The van der Waals surface area contributed by atoms with Crippen LogP contribution in [0, 0.1) is 0 Å². The zero-order valence-electron chi connectivity index (χ0n) is 9.23. The van der Waals surface area contributed by atoms with Gasteiger partial charge >= 0.3 is 0 Å². The van der Waals surface area contributed by atoms with Gasteiger partial charge in [-0.3, -0.25) is 0 Å². The molecule has 0 amide bonds. The summed E-state index contributed by atoms with van der Waals surface area (Å²) in [6.45, 7) is 3.77. The van der Waals surface area contributed by atoms with Gasteiger partial charge in [0.25, 0.3) is 0 Å². The molecule has 0 aromatic heterocycles. The molecular formula is C9H22O5. The lowest BCUT2D eigenvalue weighted by Crippen LogP contribution is -2.07. The number of hydrogen-bond donors (Lipinski definition) is 2. The first-order valence-corrected chi connectivity index (χ1v) is 4.53. The minimum absolute atomic E-state index is 0.0870. The third kappa shape index (κ3) is 22.6. The molecule has 5 heteroatoms. The molecule has 0 radical (unpaired) electrons. The molecule has 1 atom stereocenters. The van der Waals surface area contributed by atoms with Crippen molar-refractivity contribution in [1.29, 1.82) is 0 Å². The molecule has 1 unspecified atom stereocenters. The van der Waals surface area contributed by atoms with Gasteiger partial charge in [-0.15, -0.1) is 0 Å². The van der Waals surface area contributed by atoms with E-state index in [1.165, 1.54) is 0 Å². The molecule has 0 saturated carbocycles. The van der Waals surface area contributed by atoms with Crippen molar-refractivity contribution < 1.29 is 24.4 Å². The molecule has 0 aromatic carbocycles. The zero-order valence-corrected chi connectivity index (χ0v) is 9.23. The zero-order chi connectivity index (χ0) is 11.2. The number of rotatable bonds is 7. The van der Waals surface area contributed by atoms with Crippen molar-refractivity contribution in [2.45, 2.75) is 13.0 Å². The van der Waals surface area contributed by atoms with Gasteiger partial charge in [-0.05, 0) is 6.92 Å². The Morgan fingerprint density at radius 3 is 2.00 bits per heavy atom. The first-order valence-electron chi connectivity index (χ1n) is 4.53. The average Bonchev–Trinajstić information content (AvgIpc) is 2.13. The molecule has 0 saturated heterocycles. The fourth-order valence-electron chi connectivity index (χ4n) is 0.550. The fraction of sp³-hybridized carbons (Fsp3) is 1.00. The van der Waals surface area contributed by atoms with Gasteiger partial charge in [-0.1, -0.05) is 0 Å². The van der Waals surface area contributed by atoms with Crippen LogP contribution in [0.5, 0.6) is 0 Å². The number of methoxy groups -OCH3 is 2. The molecule has 88 valence electrons. The summed E-state index contributed by atoms with van der Waals surface area (Å²) < 4.78 is 14.1. The Hall–Kier alpha value is -0.200. The van der Waals surface area contributed by atoms with Gasteiger partial charge in [0.05, 0.1) is 39.1 Å². The predicted molar refractivity (Wildman–Crippen MR) is 53.3 cm³/mol. The molecule has 0 aliphatic carbocycles. The second kappa shape index (κ2) is 15.3. The van der Waals surface area contributed by atoms with Crippen molar-refractivity contribution >= 4 is 0 Å². The van der Waals surface area contributed by atoms with Gasteiger partial charge in [-0.25, -0.2) is 0 Å². The van der Waals surface area contributed by atoms with Crippen LogP contribution in [0.4, 0.5) is 0 Å². The summed E-state index contributed by atoms with van der Waals surface area (Å²) in [5.41, 5.74) is 0. The Labute approximate surface area is 85.6 Å². The third-order valence-electron chi connectivity index (χ3n) is 1.08. The number of ether oxygens (including phenoxy) is 3. The van der Waals surface area contributed by atoms with Crippen LogP contribution in [-0.2, 0) is 14.2 Å². The van der Waals surface area contributed by atoms with Gasteiger partial charge in [0.15, 0.2) is 0 Å².